The Hall–Kier alpha value is -0.570. The number of aliphatic hydroxyl groups is 1. The lowest BCUT2D eigenvalue weighted by molar-refractivity contribution is -0.124. The van der Waals surface area contributed by atoms with Crippen molar-refractivity contribution in [3.05, 3.63) is 0 Å². The Bertz CT molecular complexity index is 368. The normalized spacial score (nSPS) is 37.9. The standard InChI is InChI=1S/C17H29NO2/c1-16(2)7-9-17(20,10-8-16)11-18-15(19)14-12-5-3-4-6-13(12)14/h12-14,20H,3-11H2,1-2H3,(H,18,19). The summed E-state index contributed by atoms with van der Waals surface area (Å²) in [5.74, 6) is 1.79. The summed E-state index contributed by atoms with van der Waals surface area (Å²) in [6.45, 7) is 4.98. The van der Waals surface area contributed by atoms with Gasteiger partial charge in [-0.15, -0.1) is 0 Å². The Morgan fingerprint density at radius 1 is 1.10 bits per heavy atom. The summed E-state index contributed by atoms with van der Waals surface area (Å²) in [7, 11) is 0. The second kappa shape index (κ2) is 5.01. The first-order valence-corrected chi connectivity index (χ1v) is 8.40. The predicted molar refractivity (Wildman–Crippen MR) is 79.1 cm³/mol. The molecule has 3 saturated carbocycles. The molecule has 3 rings (SSSR count). The highest BCUT2D eigenvalue weighted by molar-refractivity contribution is 5.82. The maximum Gasteiger partial charge on any atom is 0.223 e. The lowest BCUT2D eigenvalue weighted by Crippen LogP contribution is -2.47. The number of nitrogens with one attached hydrogen (secondary N) is 1. The molecule has 3 heteroatoms. The van der Waals surface area contributed by atoms with Crippen molar-refractivity contribution >= 4 is 5.91 Å². The number of hydrogen-bond donors (Lipinski definition) is 2. The van der Waals surface area contributed by atoms with Crippen LogP contribution in [0.15, 0.2) is 0 Å². The van der Waals surface area contributed by atoms with E-state index in [0.717, 1.165) is 25.7 Å². The van der Waals surface area contributed by atoms with Crippen molar-refractivity contribution in [3.63, 3.8) is 0 Å². The third-order valence-corrected chi connectivity index (χ3v) is 6.09. The number of hydrogen-bond acceptors (Lipinski definition) is 2. The summed E-state index contributed by atoms with van der Waals surface area (Å²) in [5.41, 5.74) is -0.313. The largest absolute Gasteiger partial charge is 0.388 e. The van der Waals surface area contributed by atoms with E-state index in [-0.39, 0.29) is 11.8 Å². The van der Waals surface area contributed by atoms with E-state index < -0.39 is 5.60 Å². The molecule has 3 aliphatic rings. The molecule has 0 heterocycles. The van der Waals surface area contributed by atoms with Crippen LogP contribution in [0.2, 0.25) is 0 Å². The fourth-order valence-electron chi connectivity index (χ4n) is 4.32. The Kier molecular flexibility index (Phi) is 3.60. The maximum absolute atomic E-state index is 12.3. The van der Waals surface area contributed by atoms with Gasteiger partial charge in [0, 0.05) is 12.5 Å². The van der Waals surface area contributed by atoms with Crippen LogP contribution in [0, 0.1) is 23.2 Å². The molecular weight excluding hydrogens is 250 g/mol. The molecule has 2 N–H and O–H groups in total. The van der Waals surface area contributed by atoms with Gasteiger partial charge in [0.1, 0.15) is 0 Å². The third-order valence-electron chi connectivity index (χ3n) is 6.09. The Morgan fingerprint density at radius 2 is 1.65 bits per heavy atom. The Morgan fingerprint density at radius 3 is 2.20 bits per heavy atom. The predicted octanol–water partition coefficient (Wildman–Crippen LogP) is 2.87. The van der Waals surface area contributed by atoms with Crippen molar-refractivity contribution in [2.75, 3.05) is 6.54 Å². The molecule has 0 radical (unpaired) electrons. The molecule has 0 aromatic rings. The van der Waals surface area contributed by atoms with Crippen LogP contribution in [0.4, 0.5) is 0 Å². The monoisotopic (exact) mass is 279 g/mol. The SMILES string of the molecule is CC1(C)CCC(O)(CNC(=O)C2C3CCCCC32)CC1. The zero-order valence-corrected chi connectivity index (χ0v) is 13.0. The minimum absolute atomic E-state index is 0.208. The van der Waals surface area contributed by atoms with Gasteiger partial charge in [-0.2, -0.15) is 0 Å². The van der Waals surface area contributed by atoms with Gasteiger partial charge in [0.15, 0.2) is 0 Å². The van der Waals surface area contributed by atoms with Gasteiger partial charge in [0.25, 0.3) is 0 Å². The van der Waals surface area contributed by atoms with Gasteiger partial charge in [-0.25, -0.2) is 0 Å². The summed E-state index contributed by atoms with van der Waals surface area (Å²) < 4.78 is 0. The van der Waals surface area contributed by atoms with Crippen LogP contribution in [0.3, 0.4) is 0 Å². The highest BCUT2D eigenvalue weighted by Crippen LogP contribution is 2.55. The minimum Gasteiger partial charge on any atom is -0.388 e. The fourth-order valence-corrected chi connectivity index (χ4v) is 4.32. The van der Waals surface area contributed by atoms with E-state index in [0.29, 0.717) is 23.8 Å². The zero-order valence-electron chi connectivity index (χ0n) is 13.0. The first-order valence-electron chi connectivity index (χ1n) is 8.40. The highest BCUT2D eigenvalue weighted by atomic mass is 16.3. The molecule has 0 saturated heterocycles. The van der Waals surface area contributed by atoms with Crippen LogP contribution in [0.5, 0.6) is 0 Å². The van der Waals surface area contributed by atoms with Gasteiger partial charge in [-0.05, 0) is 55.8 Å². The van der Waals surface area contributed by atoms with E-state index in [2.05, 4.69) is 19.2 Å². The first-order chi connectivity index (χ1) is 9.40. The molecule has 0 bridgehead atoms. The van der Waals surface area contributed by atoms with Gasteiger partial charge < -0.3 is 10.4 Å². The number of carbonyl (C=O) groups is 1. The average Bonchev–Trinajstić information content (AvgIpc) is 3.15. The van der Waals surface area contributed by atoms with Crippen molar-refractivity contribution in [2.45, 2.75) is 70.8 Å². The summed E-state index contributed by atoms with van der Waals surface area (Å²) in [6, 6.07) is 0. The molecule has 2 unspecified atom stereocenters. The van der Waals surface area contributed by atoms with Crippen molar-refractivity contribution in [3.8, 4) is 0 Å². The molecule has 114 valence electrons. The van der Waals surface area contributed by atoms with Crippen LogP contribution in [0.1, 0.15) is 65.2 Å². The zero-order chi connectivity index (χ0) is 14.4. The van der Waals surface area contributed by atoms with Crippen LogP contribution < -0.4 is 5.32 Å². The van der Waals surface area contributed by atoms with Crippen molar-refractivity contribution in [2.24, 2.45) is 23.2 Å². The molecule has 0 aromatic carbocycles. The van der Waals surface area contributed by atoms with Crippen LogP contribution in [-0.2, 0) is 4.79 Å². The van der Waals surface area contributed by atoms with Crippen molar-refractivity contribution < 1.29 is 9.90 Å². The smallest absolute Gasteiger partial charge is 0.223 e. The molecule has 0 spiro atoms. The van der Waals surface area contributed by atoms with Gasteiger partial charge >= 0.3 is 0 Å². The topological polar surface area (TPSA) is 49.3 Å². The van der Waals surface area contributed by atoms with Gasteiger partial charge in [0.2, 0.25) is 5.91 Å². The Balaban J connectivity index is 1.46. The molecule has 2 atom stereocenters. The van der Waals surface area contributed by atoms with E-state index in [9.17, 15) is 9.90 Å². The van der Waals surface area contributed by atoms with E-state index in [1.807, 2.05) is 0 Å². The van der Waals surface area contributed by atoms with E-state index >= 15 is 0 Å². The lowest BCUT2D eigenvalue weighted by Gasteiger charge is -2.40. The van der Waals surface area contributed by atoms with Crippen molar-refractivity contribution in [1.82, 2.24) is 5.32 Å². The molecule has 3 fully saturated rings. The number of rotatable bonds is 3. The van der Waals surface area contributed by atoms with Gasteiger partial charge in [-0.1, -0.05) is 26.7 Å². The fraction of sp³-hybridized carbons (Fsp3) is 0.941. The molecule has 3 nitrogen and oxygen atoms in total. The lowest BCUT2D eigenvalue weighted by atomic mass is 9.71. The molecule has 3 aliphatic carbocycles. The number of fused-ring (bicyclic) bond motifs is 1. The first kappa shape index (κ1) is 14.4. The average molecular weight is 279 g/mol. The summed E-state index contributed by atoms with van der Waals surface area (Å²) in [4.78, 5) is 12.3. The summed E-state index contributed by atoms with van der Waals surface area (Å²) >= 11 is 0. The van der Waals surface area contributed by atoms with E-state index in [1.165, 1.54) is 25.7 Å². The van der Waals surface area contributed by atoms with Crippen LogP contribution >= 0.6 is 0 Å². The quantitative estimate of drug-likeness (QED) is 0.834. The van der Waals surface area contributed by atoms with E-state index in [4.69, 9.17) is 0 Å². The third kappa shape index (κ3) is 2.88. The highest BCUT2D eigenvalue weighted by Gasteiger charge is 2.54. The van der Waals surface area contributed by atoms with E-state index in [1.54, 1.807) is 0 Å². The van der Waals surface area contributed by atoms with Gasteiger partial charge in [-0.3, -0.25) is 4.79 Å². The van der Waals surface area contributed by atoms with Crippen LogP contribution in [-0.4, -0.2) is 23.2 Å². The Labute approximate surface area is 122 Å². The van der Waals surface area contributed by atoms with Gasteiger partial charge in [0.05, 0.1) is 5.60 Å². The molecule has 0 aliphatic heterocycles. The van der Waals surface area contributed by atoms with Crippen molar-refractivity contribution in [1.29, 1.82) is 0 Å². The number of carbonyl (C=O) groups excluding carboxylic acids is 1. The summed E-state index contributed by atoms with van der Waals surface area (Å²) in [5, 5.41) is 13.6. The van der Waals surface area contributed by atoms with Crippen LogP contribution in [0.25, 0.3) is 0 Å². The summed E-state index contributed by atoms with van der Waals surface area (Å²) in [6.07, 6.45) is 8.80. The molecule has 0 aromatic heterocycles. The molecular formula is C17H29NO2. The minimum atomic E-state index is -0.661. The second-order valence-corrected chi connectivity index (χ2v) is 8.24. The molecule has 20 heavy (non-hydrogen) atoms. The maximum atomic E-state index is 12.3. The second-order valence-electron chi connectivity index (χ2n) is 8.24. The number of amides is 1. The molecule has 1 amide bonds.